The van der Waals surface area contributed by atoms with E-state index < -0.39 is 0 Å². The van der Waals surface area contributed by atoms with Gasteiger partial charge in [-0.05, 0) is 48.7 Å². The largest absolute Gasteiger partial charge is 0.486 e. The minimum Gasteiger partial charge on any atom is -0.486 e. The lowest BCUT2D eigenvalue weighted by atomic mass is 9.98. The number of furan rings is 1. The van der Waals surface area contributed by atoms with E-state index in [4.69, 9.17) is 9.15 Å². The molecule has 1 N–H and O–H groups in total. The summed E-state index contributed by atoms with van der Waals surface area (Å²) in [5.74, 6) is 2.32. The molecule has 0 aliphatic carbocycles. The highest BCUT2D eigenvalue weighted by atomic mass is 16.5. The van der Waals surface area contributed by atoms with Crippen molar-refractivity contribution in [3.05, 3.63) is 53.0 Å². The second-order valence-electron chi connectivity index (χ2n) is 5.61. The van der Waals surface area contributed by atoms with Gasteiger partial charge in [-0.2, -0.15) is 0 Å². The highest BCUT2D eigenvalue weighted by molar-refractivity contribution is 5.36. The van der Waals surface area contributed by atoms with Crippen molar-refractivity contribution >= 4 is 0 Å². The van der Waals surface area contributed by atoms with E-state index in [0.717, 1.165) is 30.2 Å². The fourth-order valence-corrected chi connectivity index (χ4v) is 2.45. The average Bonchev–Trinajstić information content (AvgIpc) is 2.90. The van der Waals surface area contributed by atoms with Gasteiger partial charge in [0.2, 0.25) is 0 Å². The molecular weight excluding hydrogens is 262 g/mol. The van der Waals surface area contributed by atoms with E-state index >= 15 is 0 Å². The number of aryl methyl sites for hydroxylation is 1. The highest BCUT2D eigenvalue weighted by Crippen LogP contribution is 2.24. The molecule has 2 rings (SSSR count). The van der Waals surface area contributed by atoms with Gasteiger partial charge in [0, 0.05) is 12.1 Å². The Morgan fingerprint density at radius 2 is 2.05 bits per heavy atom. The van der Waals surface area contributed by atoms with Crippen LogP contribution in [0.4, 0.5) is 0 Å². The topological polar surface area (TPSA) is 34.4 Å². The molecule has 3 nitrogen and oxygen atoms in total. The molecule has 3 heteroatoms. The predicted molar refractivity (Wildman–Crippen MR) is 85.7 cm³/mol. The minimum absolute atomic E-state index is 0.466. The standard InChI is InChI=1S/C18H25NO2/c1-5-19-11-15-8-9-20-18(15)12-21-16-6-7-17(13(2)3)14(4)10-16/h6-10,13,19H,5,11-12H2,1-4H3. The van der Waals surface area contributed by atoms with Gasteiger partial charge >= 0.3 is 0 Å². The van der Waals surface area contributed by atoms with Gasteiger partial charge < -0.3 is 14.5 Å². The molecular formula is C18H25NO2. The van der Waals surface area contributed by atoms with E-state index in [1.54, 1.807) is 6.26 Å². The Balaban J connectivity index is 2.00. The van der Waals surface area contributed by atoms with E-state index in [2.05, 4.69) is 45.1 Å². The van der Waals surface area contributed by atoms with Crippen LogP contribution in [0.15, 0.2) is 34.9 Å². The normalized spacial score (nSPS) is 11.1. The maximum atomic E-state index is 5.87. The van der Waals surface area contributed by atoms with Crippen LogP contribution in [0.3, 0.4) is 0 Å². The molecule has 0 saturated carbocycles. The first-order valence-corrected chi connectivity index (χ1v) is 7.61. The zero-order chi connectivity index (χ0) is 15.2. The Labute approximate surface area is 127 Å². The summed E-state index contributed by atoms with van der Waals surface area (Å²) in [5.41, 5.74) is 3.80. The number of hydrogen-bond donors (Lipinski definition) is 1. The van der Waals surface area contributed by atoms with Gasteiger partial charge in [-0.1, -0.05) is 26.8 Å². The van der Waals surface area contributed by atoms with Crippen molar-refractivity contribution in [2.24, 2.45) is 0 Å². The lowest BCUT2D eigenvalue weighted by molar-refractivity contribution is 0.268. The van der Waals surface area contributed by atoms with Crippen LogP contribution in [0.5, 0.6) is 5.75 Å². The van der Waals surface area contributed by atoms with Gasteiger partial charge in [0.05, 0.1) is 6.26 Å². The van der Waals surface area contributed by atoms with Crippen molar-refractivity contribution in [1.29, 1.82) is 0 Å². The summed E-state index contributed by atoms with van der Waals surface area (Å²) in [6.07, 6.45) is 1.72. The van der Waals surface area contributed by atoms with Crippen LogP contribution >= 0.6 is 0 Å². The summed E-state index contributed by atoms with van der Waals surface area (Å²) >= 11 is 0. The number of nitrogens with one attached hydrogen (secondary N) is 1. The molecule has 0 radical (unpaired) electrons. The molecule has 1 aromatic carbocycles. The number of rotatable bonds is 7. The van der Waals surface area contributed by atoms with Gasteiger partial charge in [0.1, 0.15) is 18.1 Å². The van der Waals surface area contributed by atoms with Crippen LogP contribution < -0.4 is 10.1 Å². The molecule has 0 bridgehead atoms. The third-order valence-electron chi connectivity index (χ3n) is 3.64. The Kier molecular flexibility index (Phi) is 5.45. The molecule has 0 fully saturated rings. The summed E-state index contributed by atoms with van der Waals surface area (Å²) < 4.78 is 11.4. The SMILES string of the molecule is CCNCc1ccoc1COc1ccc(C(C)C)c(C)c1. The zero-order valence-corrected chi connectivity index (χ0v) is 13.4. The van der Waals surface area contributed by atoms with E-state index in [1.807, 2.05) is 12.1 Å². The first-order chi connectivity index (χ1) is 10.1. The van der Waals surface area contributed by atoms with Crippen molar-refractivity contribution in [3.8, 4) is 5.75 Å². The van der Waals surface area contributed by atoms with Crippen molar-refractivity contribution in [2.75, 3.05) is 6.54 Å². The molecule has 0 aliphatic heterocycles. The summed E-state index contributed by atoms with van der Waals surface area (Å²) in [6, 6.07) is 8.28. The summed E-state index contributed by atoms with van der Waals surface area (Å²) in [7, 11) is 0. The average molecular weight is 287 g/mol. The zero-order valence-electron chi connectivity index (χ0n) is 13.4. The van der Waals surface area contributed by atoms with Crippen LogP contribution in [-0.2, 0) is 13.2 Å². The van der Waals surface area contributed by atoms with Crippen molar-refractivity contribution in [1.82, 2.24) is 5.32 Å². The third-order valence-corrected chi connectivity index (χ3v) is 3.64. The molecule has 0 spiro atoms. The molecule has 21 heavy (non-hydrogen) atoms. The van der Waals surface area contributed by atoms with Gasteiger partial charge in [-0.3, -0.25) is 0 Å². The smallest absolute Gasteiger partial charge is 0.146 e. The van der Waals surface area contributed by atoms with Crippen LogP contribution in [-0.4, -0.2) is 6.54 Å². The van der Waals surface area contributed by atoms with Crippen molar-refractivity contribution < 1.29 is 9.15 Å². The van der Waals surface area contributed by atoms with Gasteiger partial charge in [-0.15, -0.1) is 0 Å². The number of ether oxygens (including phenoxy) is 1. The molecule has 114 valence electrons. The van der Waals surface area contributed by atoms with Crippen LogP contribution in [0.2, 0.25) is 0 Å². The molecule has 2 aromatic rings. The van der Waals surface area contributed by atoms with Gasteiger partial charge in [-0.25, -0.2) is 0 Å². The predicted octanol–water partition coefficient (Wildman–Crippen LogP) is 4.40. The maximum Gasteiger partial charge on any atom is 0.146 e. The van der Waals surface area contributed by atoms with Crippen LogP contribution in [0.25, 0.3) is 0 Å². The summed E-state index contributed by atoms with van der Waals surface area (Å²) in [5, 5.41) is 3.30. The lowest BCUT2D eigenvalue weighted by Crippen LogP contribution is -2.12. The van der Waals surface area contributed by atoms with Gasteiger partial charge in [0.25, 0.3) is 0 Å². The Morgan fingerprint density at radius 1 is 1.24 bits per heavy atom. The molecule has 1 heterocycles. The Hall–Kier alpha value is -1.74. The van der Waals surface area contributed by atoms with Crippen LogP contribution in [0.1, 0.15) is 49.1 Å². The minimum atomic E-state index is 0.466. The Morgan fingerprint density at radius 3 is 2.71 bits per heavy atom. The number of benzene rings is 1. The molecule has 1 aromatic heterocycles. The maximum absolute atomic E-state index is 5.87. The van der Waals surface area contributed by atoms with Crippen molar-refractivity contribution in [2.45, 2.75) is 46.8 Å². The fraction of sp³-hybridized carbons (Fsp3) is 0.444. The molecule has 0 unspecified atom stereocenters. The highest BCUT2D eigenvalue weighted by Gasteiger charge is 2.08. The van der Waals surface area contributed by atoms with Gasteiger partial charge in [0.15, 0.2) is 0 Å². The van der Waals surface area contributed by atoms with Crippen molar-refractivity contribution in [3.63, 3.8) is 0 Å². The first kappa shape index (κ1) is 15.6. The molecule has 0 amide bonds. The molecule has 0 atom stereocenters. The van der Waals surface area contributed by atoms with E-state index in [-0.39, 0.29) is 0 Å². The third kappa shape index (κ3) is 4.11. The quantitative estimate of drug-likeness (QED) is 0.819. The fourth-order valence-electron chi connectivity index (χ4n) is 2.45. The lowest BCUT2D eigenvalue weighted by Gasteiger charge is -2.12. The number of hydrogen-bond acceptors (Lipinski definition) is 3. The Bertz CT molecular complexity index is 572. The van der Waals surface area contributed by atoms with Crippen LogP contribution in [0, 0.1) is 6.92 Å². The van der Waals surface area contributed by atoms with E-state index in [1.165, 1.54) is 11.1 Å². The van der Waals surface area contributed by atoms with E-state index in [9.17, 15) is 0 Å². The summed E-state index contributed by atoms with van der Waals surface area (Å²) in [6.45, 7) is 10.9. The summed E-state index contributed by atoms with van der Waals surface area (Å²) in [4.78, 5) is 0. The monoisotopic (exact) mass is 287 g/mol. The first-order valence-electron chi connectivity index (χ1n) is 7.61. The van der Waals surface area contributed by atoms with E-state index in [0.29, 0.717) is 12.5 Å². The molecule has 0 saturated heterocycles. The second-order valence-corrected chi connectivity index (χ2v) is 5.61. The second kappa shape index (κ2) is 7.32. The molecule has 0 aliphatic rings.